The summed E-state index contributed by atoms with van der Waals surface area (Å²) in [6.07, 6.45) is 2.03. The van der Waals surface area contributed by atoms with Crippen molar-refractivity contribution in [2.24, 2.45) is 7.05 Å². The van der Waals surface area contributed by atoms with Gasteiger partial charge in [-0.3, -0.25) is 19.2 Å². The molecule has 4 rings (SSSR count). The molecule has 0 saturated carbocycles. The van der Waals surface area contributed by atoms with Crippen molar-refractivity contribution in [1.29, 1.82) is 0 Å². The zero-order chi connectivity index (χ0) is 18.3. The first-order valence-electron chi connectivity index (χ1n) is 8.94. The standard InChI is InChI=1S/C19H23N5O2/c1-13-19(26)24-9-8-23(12-16(24)18(25)20-13)11-15-10-22(2)21-17(15)14-6-4-3-5-7-14/h3-7,10,13,16H,8-9,11-12H2,1-2H3,(H,20,25)/t13-,16+/m0/s1. The molecule has 2 amide bonds. The Bertz CT molecular complexity index is 832. The smallest absolute Gasteiger partial charge is 0.245 e. The highest BCUT2D eigenvalue weighted by atomic mass is 16.2. The molecule has 7 nitrogen and oxygen atoms in total. The average molecular weight is 353 g/mol. The number of fused-ring (bicyclic) bond motifs is 1. The van der Waals surface area contributed by atoms with Crippen LogP contribution in [0.1, 0.15) is 12.5 Å². The van der Waals surface area contributed by atoms with Crippen LogP contribution in [0.4, 0.5) is 0 Å². The van der Waals surface area contributed by atoms with Gasteiger partial charge >= 0.3 is 0 Å². The Labute approximate surface area is 152 Å². The van der Waals surface area contributed by atoms with Gasteiger partial charge in [-0.2, -0.15) is 5.10 Å². The van der Waals surface area contributed by atoms with Crippen molar-refractivity contribution in [3.8, 4) is 11.3 Å². The lowest BCUT2D eigenvalue weighted by Gasteiger charge is -2.44. The fraction of sp³-hybridized carbons (Fsp3) is 0.421. The Morgan fingerprint density at radius 2 is 1.96 bits per heavy atom. The highest BCUT2D eigenvalue weighted by molar-refractivity contribution is 5.97. The predicted octanol–water partition coefficient (Wildman–Crippen LogP) is 0.618. The van der Waals surface area contributed by atoms with E-state index in [1.807, 2.05) is 36.1 Å². The van der Waals surface area contributed by atoms with Crippen molar-refractivity contribution in [2.75, 3.05) is 19.6 Å². The van der Waals surface area contributed by atoms with Gasteiger partial charge in [0.15, 0.2) is 0 Å². The first kappa shape index (κ1) is 16.8. The van der Waals surface area contributed by atoms with Gasteiger partial charge in [0, 0.05) is 50.6 Å². The third-order valence-corrected chi connectivity index (χ3v) is 5.13. The Kier molecular flexibility index (Phi) is 4.24. The van der Waals surface area contributed by atoms with Crippen molar-refractivity contribution in [3.63, 3.8) is 0 Å². The first-order valence-corrected chi connectivity index (χ1v) is 8.94. The Morgan fingerprint density at radius 1 is 1.19 bits per heavy atom. The lowest BCUT2D eigenvalue weighted by atomic mass is 10.0. The lowest BCUT2D eigenvalue weighted by Crippen LogP contribution is -2.68. The largest absolute Gasteiger partial charge is 0.343 e. The molecule has 2 saturated heterocycles. The molecule has 136 valence electrons. The zero-order valence-corrected chi connectivity index (χ0v) is 15.1. The number of piperazine rings is 2. The molecule has 26 heavy (non-hydrogen) atoms. The molecular formula is C19H23N5O2. The van der Waals surface area contributed by atoms with Crippen LogP contribution in [-0.2, 0) is 23.2 Å². The van der Waals surface area contributed by atoms with Crippen LogP contribution in [0.25, 0.3) is 11.3 Å². The van der Waals surface area contributed by atoms with E-state index >= 15 is 0 Å². The number of carbonyl (C=O) groups is 2. The van der Waals surface area contributed by atoms with E-state index < -0.39 is 12.1 Å². The summed E-state index contributed by atoms with van der Waals surface area (Å²) in [5, 5.41) is 7.39. The van der Waals surface area contributed by atoms with E-state index in [2.05, 4.69) is 27.4 Å². The molecule has 2 aliphatic heterocycles. The molecule has 2 aliphatic rings. The minimum absolute atomic E-state index is 0.0144. The van der Waals surface area contributed by atoms with Crippen LogP contribution < -0.4 is 5.32 Å². The minimum atomic E-state index is -0.423. The van der Waals surface area contributed by atoms with Crippen LogP contribution in [-0.4, -0.2) is 63.1 Å². The van der Waals surface area contributed by atoms with Crippen LogP contribution >= 0.6 is 0 Å². The van der Waals surface area contributed by atoms with Crippen molar-refractivity contribution >= 4 is 11.8 Å². The van der Waals surface area contributed by atoms with E-state index in [0.29, 0.717) is 19.6 Å². The van der Waals surface area contributed by atoms with E-state index in [9.17, 15) is 9.59 Å². The Balaban J connectivity index is 1.53. The van der Waals surface area contributed by atoms with Crippen molar-refractivity contribution in [2.45, 2.75) is 25.6 Å². The molecule has 0 bridgehead atoms. The van der Waals surface area contributed by atoms with E-state index in [0.717, 1.165) is 23.4 Å². The van der Waals surface area contributed by atoms with Gasteiger partial charge in [-0.15, -0.1) is 0 Å². The number of carbonyl (C=O) groups excluding carboxylic acids is 2. The molecule has 1 N–H and O–H groups in total. The molecule has 1 aromatic heterocycles. The SMILES string of the molecule is C[C@@H]1NC(=O)[C@H]2CN(Cc3cn(C)nc3-c3ccccc3)CCN2C1=O. The highest BCUT2D eigenvalue weighted by Gasteiger charge is 2.41. The number of hydrogen-bond acceptors (Lipinski definition) is 4. The monoisotopic (exact) mass is 353 g/mol. The van der Waals surface area contributed by atoms with E-state index in [1.165, 1.54) is 0 Å². The maximum Gasteiger partial charge on any atom is 0.245 e. The number of nitrogens with zero attached hydrogens (tertiary/aromatic N) is 4. The van der Waals surface area contributed by atoms with Gasteiger partial charge in [0.1, 0.15) is 12.1 Å². The van der Waals surface area contributed by atoms with Gasteiger partial charge in [0.25, 0.3) is 0 Å². The summed E-state index contributed by atoms with van der Waals surface area (Å²) in [4.78, 5) is 28.6. The molecule has 0 spiro atoms. The average Bonchev–Trinajstić information content (AvgIpc) is 3.01. The van der Waals surface area contributed by atoms with Crippen molar-refractivity contribution < 1.29 is 9.59 Å². The number of hydrogen-bond donors (Lipinski definition) is 1. The predicted molar refractivity (Wildman–Crippen MR) is 97.0 cm³/mol. The molecule has 2 atom stereocenters. The third kappa shape index (κ3) is 2.99. The van der Waals surface area contributed by atoms with E-state index in [4.69, 9.17) is 0 Å². The van der Waals surface area contributed by atoms with Crippen LogP contribution in [0.2, 0.25) is 0 Å². The summed E-state index contributed by atoms with van der Waals surface area (Å²) in [6.45, 7) is 4.34. The molecule has 2 fully saturated rings. The summed E-state index contributed by atoms with van der Waals surface area (Å²) in [5.74, 6) is -0.0446. The molecule has 1 aromatic carbocycles. The van der Waals surface area contributed by atoms with Crippen LogP contribution in [0.3, 0.4) is 0 Å². The van der Waals surface area contributed by atoms with Gasteiger partial charge < -0.3 is 10.2 Å². The number of aryl methyl sites for hydroxylation is 1. The van der Waals surface area contributed by atoms with Crippen molar-refractivity contribution in [1.82, 2.24) is 24.9 Å². The molecule has 0 aliphatic carbocycles. The van der Waals surface area contributed by atoms with Crippen LogP contribution in [0, 0.1) is 0 Å². The summed E-state index contributed by atoms with van der Waals surface area (Å²) in [7, 11) is 1.92. The summed E-state index contributed by atoms with van der Waals surface area (Å²) in [6, 6.07) is 9.29. The lowest BCUT2D eigenvalue weighted by molar-refractivity contribution is -0.152. The maximum atomic E-state index is 12.3. The van der Waals surface area contributed by atoms with E-state index in [-0.39, 0.29) is 11.8 Å². The molecule has 0 radical (unpaired) electrons. The molecule has 2 aromatic rings. The maximum absolute atomic E-state index is 12.3. The third-order valence-electron chi connectivity index (χ3n) is 5.13. The Hall–Kier alpha value is -2.67. The minimum Gasteiger partial charge on any atom is -0.343 e. The normalized spacial score (nSPS) is 23.7. The summed E-state index contributed by atoms with van der Waals surface area (Å²) in [5.41, 5.74) is 3.18. The topological polar surface area (TPSA) is 70.5 Å². The number of benzene rings is 1. The van der Waals surface area contributed by atoms with Gasteiger partial charge in [-0.25, -0.2) is 0 Å². The summed E-state index contributed by atoms with van der Waals surface area (Å²) >= 11 is 0. The molecule has 3 heterocycles. The van der Waals surface area contributed by atoms with Gasteiger partial charge in [0.05, 0.1) is 5.69 Å². The number of rotatable bonds is 3. The Morgan fingerprint density at radius 3 is 2.73 bits per heavy atom. The molecular weight excluding hydrogens is 330 g/mol. The number of aromatic nitrogens is 2. The molecule has 7 heteroatoms. The van der Waals surface area contributed by atoms with Crippen LogP contribution in [0.5, 0.6) is 0 Å². The summed E-state index contributed by atoms with van der Waals surface area (Å²) < 4.78 is 1.83. The second-order valence-electron chi connectivity index (χ2n) is 7.06. The highest BCUT2D eigenvalue weighted by Crippen LogP contribution is 2.24. The van der Waals surface area contributed by atoms with Gasteiger partial charge in [-0.05, 0) is 6.92 Å². The second-order valence-corrected chi connectivity index (χ2v) is 7.06. The fourth-order valence-electron chi connectivity index (χ4n) is 3.82. The van der Waals surface area contributed by atoms with Crippen LogP contribution in [0.15, 0.2) is 36.5 Å². The van der Waals surface area contributed by atoms with Gasteiger partial charge in [-0.1, -0.05) is 30.3 Å². The van der Waals surface area contributed by atoms with Gasteiger partial charge in [0.2, 0.25) is 11.8 Å². The number of amides is 2. The number of nitrogens with one attached hydrogen (secondary N) is 1. The van der Waals surface area contributed by atoms with E-state index in [1.54, 1.807) is 11.8 Å². The van der Waals surface area contributed by atoms with Crippen molar-refractivity contribution in [3.05, 3.63) is 42.1 Å². The quantitative estimate of drug-likeness (QED) is 0.878. The fourth-order valence-corrected chi connectivity index (χ4v) is 3.82. The molecule has 0 unspecified atom stereocenters. The zero-order valence-electron chi connectivity index (χ0n) is 15.1. The second kappa shape index (κ2) is 6.57. The first-order chi connectivity index (χ1) is 12.5.